The highest BCUT2D eigenvalue weighted by Gasteiger charge is 2.47. The summed E-state index contributed by atoms with van der Waals surface area (Å²) < 4.78 is 5.03. The zero-order chi connectivity index (χ0) is 13.1. The molecule has 100 valence electrons. The van der Waals surface area contributed by atoms with Gasteiger partial charge < -0.3 is 14.7 Å². The summed E-state index contributed by atoms with van der Waals surface area (Å²) in [5.74, 6) is -0.0721. The van der Waals surface area contributed by atoms with E-state index in [2.05, 4.69) is 6.58 Å². The molecule has 2 aliphatic rings. The van der Waals surface area contributed by atoms with E-state index in [-0.39, 0.29) is 19.1 Å². The van der Waals surface area contributed by atoms with E-state index >= 15 is 0 Å². The highest BCUT2D eigenvalue weighted by molar-refractivity contribution is 5.72. The minimum absolute atomic E-state index is 0.0182. The number of nitrogens with zero attached hydrogens (tertiary/aromatic N) is 1. The molecule has 0 bridgehead atoms. The molecule has 1 amide bonds. The van der Waals surface area contributed by atoms with Crippen LogP contribution < -0.4 is 0 Å². The maximum absolute atomic E-state index is 11.9. The first-order valence-electron chi connectivity index (χ1n) is 6.39. The van der Waals surface area contributed by atoms with Crippen LogP contribution in [0.25, 0.3) is 0 Å². The monoisotopic (exact) mass is 253 g/mol. The molecule has 5 heteroatoms. The van der Waals surface area contributed by atoms with Crippen molar-refractivity contribution in [3.05, 3.63) is 12.7 Å². The lowest BCUT2D eigenvalue weighted by Crippen LogP contribution is -2.39. The van der Waals surface area contributed by atoms with Crippen molar-refractivity contribution in [3.63, 3.8) is 0 Å². The number of amides is 1. The maximum atomic E-state index is 11.9. The standard InChI is InChI=1S/C13H19NO4/c1-2-6-18-13(17)14-8-9-4-3-5-10(9)11(14)7-12(15)16/h2,9-11H,1,3-8H2,(H,15,16)/t9-,10-,11-/m1/s1. The van der Waals surface area contributed by atoms with Gasteiger partial charge in [0, 0.05) is 12.6 Å². The van der Waals surface area contributed by atoms with Gasteiger partial charge in [0.25, 0.3) is 0 Å². The van der Waals surface area contributed by atoms with E-state index in [0.717, 1.165) is 19.3 Å². The molecule has 2 rings (SSSR count). The summed E-state index contributed by atoms with van der Waals surface area (Å²) in [6, 6.07) is -0.202. The molecule has 18 heavy (non-hydrogen) atoms. The van der Waals surface area contributed by atoms with Crippen LogP contribution in [0.15, 0.2) is 12.7 Å². The Hall–Kier alpha value is -1.52. The third-order valence-electron chi connectivity index (χ3n) is 3.99. The van der Waals surface area contributed by atoms with Crippen LogP contribution >= 0.6 is 0 Å². The Morgan fingerprint density at radius 1 is 1.44 bits per heavy atom. The zero-order valence-electron chi connectivity index (χ0n) is 10.4. The van der Waals surface area contributed by atoms with Gasteiger partial charge in [-0.1, -0.05) is 19.1 Å². The number of carboxylic acids is 1. The van der Waals surface area contributed by atoms with Crippen molar-refractivity contribution < 1.29 is 19.4 Å². The summed E-state index contributed by atoms with van der Waals surface area (Å²) in [4.78, 5) is 24.4. The first kappa shape index (κ1) is 12.9. The van der Waals surface area contributed by atoms with Gasteiger partial charge in [0.1, 0.15) is 6.61 Å². The van der Waals surface area contributed by atoms with Crippen LogP contribution in [0.1, 0.15) is 25.7 Å². The van der Waals surface area contributed by atoms with Crippen molar-refractivity contribution in [3.8, 4) is 0 Å². The van der Waals surface area contributed by atoms with Crippen molar-refractivity contribution in [1.82, 2.24) is 4.90 Å². The summed E-state index contributed by atoms with van der Waals surface area (Å²) in [5.41, 5.74) is 0. The number of hydrogen-bond donors (Lipinski definition) is 1. The summed E-state index contributed by atoms with van der Waals surface area (Å²) >= 11 is 0. The SMILES string of the molecule is C=CCOC(=O)N1C[C@H]2CCC[C@H]2[C@H]1CC(=O)O. The lowest BCUT2D eigenvalue weighted by atomic mass is 9.92. The number of carboxylic acid groups (broad SMARTS) is 1. The highest BCUT2D eigenvalue weighted by atomic mass is 16.6. The van der Waals surface area contributed by atoms with Gasteiger partial charge in [-0.25, -0.2) is 4.79 Å². The van der Waals surface area contributed by atoms with Crippen LogP contribution in [-0.4, -0.2) is 41.3 Å². The van der Waals surface area contributed by atoms with Crippen LogP contribution in [0, 0.1) is 11.8 Å². The van der Waals surface area contributed by atoms with Gasteiger partial charge in [-0.3, -0.25) is 4.79 Å². The number of carbonyl (C=O) groups is 2. The molecule has 0 aromatic rings. The fourth-order valence-corrected chi connectivity index (χ4v) is 3.28. The molecule has 0 radical (unpaired) electrons. The third-order valence-corrected chi connectivity index (χ3v) is 3.99. The minimum atomic E-state index is -0.853. The number of ether oxygens (including phenoxy) is 1. The minimum Gasteiger partial charge on any atom is -0.481 e. The van der Waals surface area contributed by atoms with Crippen molar-refractivity contribution in [2.45, 2.75) is 31.7 Å². The van der Waals surface area contributed by atoms with Gasteiger partial charge in [-0.2, -0.15) is 0 Å². The molecule has 5 nitrogen and oxygen atoms in total. The number of likely N-dealkylation sites (tertiary alicyclic amines) is 1. The molecular formula is C13H19NO4. The van der Waals surface area contributed by atoms with Crippen LogP contribution in [0.4, 0.5) is 4.79 Å². The Kier molecular flexibility index (Phi) is 3.89. The van der Waals surface area contributed by atoms with Gasteiger partial charge in [0.05, 0.1) is 6.42 Å². The number of fused-ring (bicyclic) bond motifs is 1. The second-order valence-electron chi connectivity index (χ2n) is 5.04. The Morgan fingerprint density at radius 3 is 2.89 bits per heavy atom. The van der Waals surface area contributed by atoms with E-state index in [9.17, 15) is 9.59 Å². The quantitative estimate of drug-likeness (QED) is 0.777. The molecule has 0 spiro atoms. The number of hydrogen-bond acceptors (Lipinski definition) is 3. The zero-order valence-corrected chi connectivity index (χ0v) is 10.4. The summed E-state index contributed by atoms with van der Waals surface area (Å²) in [7, 11) is 0. The molecule has 1 saturated carbocycles. The molecule has 1 saturated heterocycles. The largest absolute Gasteiger partial charge is 0.481 e. The molecule has 0 aromatic heterocycles. The lowest BCUT2D eigenvalue weighted by molar-refractivity contribution is -0.138. The smallest absolute Gasteiger partial charge is 0.410 e. The molecule has 1 N–H and O–H groups in total. The first-order chi connectivity index (χ1) is 8.63. The number of aliphatic carboxylic acids is 1. The van der Waals surface area contributed by atoms with Gasteiger partial charge in [-0.15, -0.1) is 0 Å². The number of rotatable bonds is 4. The van der Waals surface area contributed by atoms with Gasteiger partial charge in [0.15, 0.2) is 0 Å². The second kappa shape index (κ2) is 5.42. The van der Waals surface area contributed by atoms with E-state index in [4.69, 9.17) is 9.84 Å². The number of carbonyl (C=O) groups excluding carboxylic acids is 1. The van der Waals surface area contributed by atoms with Crippen LogP contribution in [-0.2, 0) is 9.53 Å². The molecule has 1 aliphatic carbocycles. The molecule has 3 atom stereocenters. The highest BCUT2D eigenvalue weighted by Crippen LogP contribution is 2.43. The normalized spacial score (nSPS) is 30.0. The Balaban J connectivity index is 2.05. The molecule has 1 aliphatic heterocycles. The van der Waals surface area contributed by atoms with Crippen molar-refractivity contribution in [2.24, 2.45) is 11.8 Å². The van der Waals surface area contributed by atoms with Crippen LogP contribution in [0.5, 0.6) is 0 Å². The topological polar surface area (TPSA) is 66.8 Å². The van der Waals surface area contributed by atoms with E-state index in [1.165, 1.54) is 6.08 Å². The summed E-state index contributed by atoms with van der Waals surface area (Å²) in [6.45, 7) is 4.30. The van der Waals surface area contributed by atoms with E-state index in [0.29, 0.717) is 18.4 Å². The molecule has 1 heterocycles. The summed E-state index contributed by atoms with van der Waals surface area (Å²) in [5, 5.41) is 8.97. The molecule has 0 aromatic carbocycles. The van der Waals surface area contributed by atoms with Crippen molar-refractivity contribution >= 4 is 12.1 Å². The average molecular weight is 253 g/mol. The summed E-state index contributed by atoms with van der Waals surface area (Å²) in [6.07, 6.45) is 4.38. The fourth-order valence-electron chi connectivity index (χ4n) is 3.28. The van der Waals surface area contributed by atoms with Crippen LogP contribution in [0.2, 0.25) is 0 Å². The Labute approximate surface area is 106 Å². The van der Waals surface area contributed by atoms with E-state index < -0.39 is 12.1 Å². The van der Waals surface area contributed by atoms with E-state index in [1.807, 2.05) is 0 Å². The van der Waals surface area contributed by atoms with Crippen molar-refractivity contribution in [1.29, 1.82) is 0 Å². The average Bonchev–Trinajstić information content (AvgIpc) is 2.88. The lowest BCUT2D eigenvalue weighted by Gasteiger charge is -2.25. The molecular weight excluding hydrogens is 234 g/mol. The molecule has 2 fully saturated rings. The second-order valence-corrected chi connectivity index (χ2v) is 5.04. The first-order valence-corrected chi connectivity index (χ1v) is 6.39. The third kappa shape index (κ3) is 2.49. The van der Waals surface area contributed by atoms with Gasteiger partial charge in [0.2, 0.25) is 0 Å². The predicted molar refractivity (Wildman–Crippen MR) is 65.1 cm³/mol. The van der Waals surface area contributed by atoms with Crippen LogP contribution in [0.3, 0.4) is 0 Å². The molecule has 0 unspecified atom stereocenters. The fraction of sp³-hybridized carbons (Fsp3) is 0.692. The predicted octanol–water partition coefficient (Wildman–Crippen LogP) is 1.88. The Morgan fingerprint density at radius 2 is 2.22 bits per heavy atom. The van der Waals surface area contributed by atoms with Gasteiger partial charge in [-0.05, 0) is 24.7 Å². The maximum Gasteiger partial charge on any atom is 0.410 e. The van der Waals surface area contributed by atoms with Crippen molar-refractivity contribution in [2.75, 3.05) is 13.2 Å². The van der Waals surface area contributed by atoms with E-state index in [1.54, 1.807) is 4.90 Å². The Bertz CT molecular complexity index is 355. The van der Waals surface area contributed by atoms with Gasteiger partial charge >= 0.3 is 12.1 Å².